The van der Waals surface area contributed by atoms with E-state index in [2.05, 4.69) is 215 Å². The Labute approximate surface area is 363 Å². The van der Waals surface area contributed by atoms with Gasteiger partial charge in [0.25, 0.3) is 0 Å². The Kier molecular flexibility index (Phi) is 8.56. The van der Waals surface area contributed by atoms with E-state index >= 15 is 0 Å². The first-order valence-corrected chi connectivity index (χ1v) is 21.6. The van der Waals surface area contributed by atoms with Gasteiger partial charge in [-0.1, -0.05) is 147 Å². The molecule has 3 nitrogen and oxygen atoms in total. The summed E-state index contributed by atoms with van der Waals surface area (Å²) >= 11 is 0. The summed E-state index contributed by atoms with van der Waals surface area (Å²) in [5.74, 6) is 0. The van der Waals surface area contributed by atoms with Gasteiger partial charge in [0.2, 0.25) is 0 Å². The zero-order chi connectivity index (χ0) is 42.4. The third-order valence-electron chi connectivity index (χ3n) is 13.5. The Morgan fingerprint density at radius 2 is 1.29 bits per heavy atom. The molecule has 1 aliphatic carbocycles. The van der Waals surface area contributed by atoms with Crippen molar-refractivity contribution in [3.05, 3.63) is 204 Å². The summed E-state index contributed by atoms with van der Waals surface area (Å²) in [6, 6.07) is 56.0. The quantitative estimate of drug-likeness (QED) is 0.150. The lowest BCUT2D eigenvalue weighted by atomic mass is 9.80. The van der Waals surface area contributed by atoms with E-state index in [4.69, 9.17) is 4.42 Å². The molecular weight excluding hydrogens is 753 g/mol. The third kappa shape index (κ3) is 5.51. The van der Waals surface area contributed by atoms with Crippen LogP contribution in [0.5, 0.6) is 0 Å². The fourth-order valence-corrected chi connectivity index (χ4v) is 10.4. The maximum Gasteiger partial charge on any atom is 0.137 e. The first kappa shape index (κ1) is 37.6. The minimum absolute atomic E-state index is 0.295. The number of aryl methyl sites for hydroxylation is 2. The van der Waals surface area contributed by atoms with Crippen molar-refractivity contribution >= 4 is 77.2 Å². The van der Waals surface area contributed by atoms with Crippen LogP contribution >= 0.6 is 0 Å². The van der Waals surface area contributed by atoms with Crippen molar-refractivity contribution in [1.29, 1.82) is 0 Å². The lowest BCUT2D eigenvalue weighted by Crippen LogP contribution is -2.17. The van der Waals surface area contributed by atoms with Gasteiger partial charge < -0.3 is 13.9 Å². The maximum absolute atomic E-state index is 6.57. The molecule has 0 unspecified atom stereocenters. The van der Waals surface area contributed by atoms with Gasteiger partial charge in [-0.3, -0.25) is 0 Å². The second-order valence-corrected chi connectivity index (χ2v) is 17.6. The smallest absolute Gasteiger partial charge is 0.137 e. The number of allylic oxidation sites excluding steroid dienone is 5. The van der Waals surface area contributed by atoms with E-state index < -0.39 is 0 Å². The van der Waals surface area contributed by atoms with Gasteiger partial charge in [-0.25, -0.2) is 0 Å². The van der Waals surface area contributed by atoms with Gasteiger partial charge in [0.15, 0.2) is 0 Å². The Balaban J connectivity index is 1.17. The van der Waals surface area contributed by atoms with Gasteiger partial charge in [-0.15, -0.1) is 0 Å². The van der Waals surface area contributed by atoms with E-state index in [1.165, 1.54) is 88.2 Å². The molecule has 2 aromatic heterocycles. The number of hydrogen-bond acceptors (Lipinski definition) is 2. The van der Waals surface area contributed by atoms with Gasteiger partial charge in [0.05, 0.1) is 28.0 Å². The van der Waals surface area contributed by atoms with Crippen LogP contribution in [-0.4, -0.2) is 4.57 Å². The molecule has 11 rings (SSSR count). The molecule has 300 valence electrons. The molecule has 62 heavy (non-hydrogen) atoms. The first-order chi connectivity index (χ1) is 30.2. The number of para-hydroxylation sites is 3. The van der Waals surface area contributed by atoms with Crippen LogP contribution in [0.1, 0.15) is 49.9 Å². The molecule has 0 atom stereocenters. The van der Waals surface area contributed by atoms with Gasteiger partial charge >= 0.3 is 0 Å². The van der Waals surface area contributed by atoms with Crippen molar-refractivity contribution in [2.24, 2.45) is 7.05 Å². The van der Waals surface area contributed by atoms with Gasteiger partial charge in [-0.2, -0.15) is 0 Å². The number of nitrogens with zero attached hydrogens (tertiary/aromatic N) is 2. The van der Waals surface area contributed by atoms with Crippen molar-refractivity contribution in [3.63, 3.8) is 0 Å². The highest BCUT2D eigenvalue weighted by Gasteiger charge is 2.38. The number of anilines is 3. The first-order valence-electron chi connectivity index (χ1n) is 21.6. The molecule has 0 spiro atoms. The topological polar surface area (TPSA) is 21.3 Å². The van der Waals surface area contributed by atoms with Crippen molar-refractivity contribution in [1.82, 2.24) is 4.57 Å². The molecule has 0 radical (unpaired) electrons. The highest BCUT2D eigenvalue weighted by molar-refractivity contribution is 6.20. The summed E-state index contributed by atoms with van der Waals surface area (Å²) in [7, 11) is 2.20. The van der Waals surface area contributed by atoms with Crippen LogP contribution in [0.15, 0.2) is 186 Å². The summed E-state index contributed by atoms with van der Waals surface area (Å²) in [6.45, 7) is 15.3. The van der Waals surface area contributed by atoms with Crippen LogP contribution in [0.2, 0.25) is 0 Å². The average Bonchev–Trinajstić information content (AvgIpc) is 3.89. The normalized spacial score (nSPS) is 13.1. The molecular formula is C59H48N2O. The van der Waals surface area contributed by atoms with Crippen LogP contribution in [-0.2, 0) is 12.5 Å². The Bertz CT molecular complexity index is 3560. The molecule has 10 aromatic rings. The molecule has 2 heterocycles. The van der Waals surface area contributed by atoms with E-state index in [1.807, 2.05) is 12.2 Å². The zero-order valence-electron chi connectivity index (χ0n) is 36.2. The largest absolute Gasteiger partial charge is 0.456 e. The number of hydrogen-bond donors (Lipinski definition) is 0. The molecule has 0 saturated heterocycles. The predicted molar refractivity (Wildman–Crippen MR) is 265 cm³/mol. The maximum atomic E-state index is 6.57. The molecule has 0 amide bonds. The molecule has 8 aromatic carbocycles. The monoisotopic (exact) mass is 800 g/mol. The fourth-order valence-electron chi connectivity index (χ4n) is 10.4. The molecule has 0 saturated carbocycles. The summed E-state index contributed by atoms with van der Waals surface area (Å²) in [5, 5.41) is 7.13. The zero-order valence-corrected chi connectivity index (χ0v) is 36.2. The highest BCUT2D eigenvalue weighted by atomic mass is 16.3. The third-order valence-corrected chi connectivity index (χ3v) is 13.5. The Hall–Kier alpha value is -7.36. The van der Waals surface area contributed by atoms with Crippen molar-refractivity contribution < 1.29 is 4.42 Å². The van der Waals surface area contributed by atoms with Crippen molar-refractivity contribution in [2.45, 2.75) is 40.0 Å². The Morgan fingerprint density at radius 1 is 0.629 bits per heavy atom. The number of rotatable bonds is 7. The van der Waals surface area contributed by atoms with Crippen LogP contribution in [0.4, 0.5) is 17.1 Å². The molecule has 0 bridgehead atoms. The summed E-state index contributed by atoms with van der Waals surface area (Å²) in [5.41, 5.74) is 19.9. The molecule has 3 heteroatoms. The van der Waals surface area contributed by atoms with Crippen molar-refractivity contribution in [2.75, 3.05) is 4.90 Å². The lowest BCUT2D eigenvalue weighted by Gasteiger charge is -2.31. The summed E-state index contributed by atoms with van der Waals surface area (Å²) in [4.78, 5) is 2.52. The Morgan fingerprint density at radius 3 is 2.10 bits per heavy atom. The molecule has 0 aliphatic heterocycles. The van der Waals surface area contributed by atoms with E-state index in [0.717, 1.165) is 39.0 Å². The van der Waals surface area contributed by atoms with Crippen LogP contribution in [0.25, 0.3) is 82.3 Å². The molecule has 1 aliphatic rings. The number of benzene rings is 8. The van der Waals surface area contributed by atoms with E-state index in [-0.39, 0.29) is 5.41 Å². The number of fused-ring (bicyclic) bond motifs is 11. The van der Waals surface area contributed by atoms with Crippen molar-refractivity contribution in [3.8, 4) is 22.3 Å². The number of aromatic nitrogens is 1. The average molecular weight is 801 g/mol. The van der Waals surface area contributed by atoms with Gasteiger partial charge in [0, 0.05) is 39.5 Å². The van der Waals surface area contributed by atoms with Gasteiger partial charge in [0.1, 0.15) is 11.2 Å². The SMILES string of the molecule is C=C/C=C\C(=C(C)C)c1cc(-c2ccc3c(c2)C(C)(C)c2cc(N(c4cccc5oc6ccccc6c45)c4cccc5c6ccccc6n(C)c45)c4ccccc4c2-3)ccc1C. The standard InChI is InChI=1S/C59H48N2O/c1-8-9-18-40(36(2)3)47-33-38(30-29-37(47)4)39-31-32-45-48(34-39)59(5,6)49-35-53(41-19-10-11-21-43(41)56(45)49)61(51-25-17-28-55-57(51)46-22-13-15-27-54(46)62-55)52-26-16-23-44-42-20-12-14-24-50(42)60(7)58(44)52/h8-35H,1H2,2-7H3/b18-9-. The van der Waals surface area contributed by atoms with E-state index in [1.54, 1.807) is 0 Å². The van der Waals surface area contributed by atoms with E-state index in [9.17, 15) is 0 Å². The second-order valence-electron chi connectivity index (χ2n) is 17.6. The van der Waals surface area contributed by atoms with Crippen LogP contribution in [0, 0.1) is 6.92 Å². The molecule has 0 fully saturated rings. The lowest BCUT2D eigenvalue weighted by molar-refractivity contribution is 0.661. The van der Waals surface area contributed by atoms with Crippen LogP contribution < -0.4 is 4.90 Å². The fraction of sp³-hybridized carbons (Fsp3) is 0.119. The summed E-state index contributed by atoms with van der Waals surface area (Å²) < 4.78 is 8.94. The van der Waals surface area contributed by atoms with Gasteiger partial charge in [-0.05, 0) is 125 Å². The van der Waals surface area contributed by atoms with Crippen LogP contribution in [0.3, 0.4) is 0 Å². The molecule has 0 N–H and O–H groups in total. The highest BCUT2D eigenvalue weighted by Crippen LogP contribution is 2.56. The predicted octanol–water partition coefficient (Wildman–Crippen LogP) is 16.7. The van der Waals surface area contributed by atoms with E-state index in [0.29, 0.717) is 0 Å². The minimum atomic E-state index is -0.295. The summed E-state index contributed by atoms with van der Waals surface area (Å²) in [6.07, 6.45) is 6.06. The minimum Gasteiger partial charge on any atom is -0.456 e. The number of furan rings is 1. The second kappa shape index (κ2) is 14.1.